The first-order chi connectivity index (χ1) is 19.9. The van der Waals surface area contributed by atoms with Gasteiger partial charge in [0.05, 0.1) is 0 Å². The van der Waals surface area contributed by atoms with Gasteiger partial charge in [-0.2, -0.15) is 0 Å². The van der Waals surface area contributed by atoms with Crippen LogP contribution in [0.2, 0.25) is 0 Å². The van der Waals surface area contributed by atoms with Crippen LogP contribution in [0.25, 0.3) is 0 Å². The molecular weight excluding hydrogens is 546 g/mol. The molecule has 2 aromatic rings. The van der Waals surface area contributed by atoms with Gasteiger partial charge in [0.15, 0.2) is 0 Å². The molecule has 0 radical (unpaired) electrons. The van der Waals surface area contributed by atoms with Crippen molar-refractivity contribution in [3.63, 3.8) is 0 Å². The fraction of sp³-hybridized carbons (Fsp3) is 0.529. The second-order valence-electron chi connectivity index (χ2n) is 13.5. The first kappa shape index (κ1) is 33.6. The minimum absolute atomic E-state index is 0.164. The largest absolute Gasteiger partial charge is 0.458 e. The first-order valence-corrected chi connectivity index (χ1v) is 14.9. The van der Waals surface area contributed by atoms with E-state index in [1.807, 2.05) is 69.3 Å². The van der Waals surface area contributed by atoms with Crippen LogP contribution in [0.15, 0.2) is 48.5 Å². The van der Waals surface area contributed by atoms with Gasteiger partial charge in [-0.3, -0.25) is 9.59 Å². The van der Waals surface area contributed by atoms with Gasteiger partial charge in [-0.25, -0.2) is 9.59 Å². The van der Waals surface area contributed by atoms with Crippen LogP contribution in [0.3, 0.4) is 0 Å². The van der Waals surface area contributed by atoms with E-state index in [2.05, 4.69) is 10.6 Å². The molecule has 2 N–H and O–H groups in total. The Labute approximate surface area is 255 Å². The Morgan fingerprint density at radius 3 is 2.07 bits per heavy atom. The van der Waals surface area contributed by atoms with Crippen molar-refractivity contribution in [2.45, 2.75) is 104 Å². The van der Waals surface area contributed by atoms with E-state index in [1.54, 1.807) is 46.4 Å². The van der Waals surface area contributed by atoms with Crippen LogP contribution in [0.4, 0.5) is 4.79 Å². The molecule has 2 aromatic carbocycles. The van der Waals surface area contributed by atoms with Gasteiger partial charge in [-0.1, -0.05) is 61.0 Å². The van der Waals surface area contributed by atoms with Crippen molar-refractivity contribution in [2.75, 3.05) is 6.54 Å². The van der Waals surface area contributed by atoms with Crippen molar-refractivity contribution in [3.8, 4) is 0 Å². The molecule has 4 atom stereocenters. The maximum absolute atomic E-state index is 14.3. The summed E-state index contributed by atoms with van der Waals surface area (Å²) in [7, 11) is 0. The molecule has 0 bridgehead atoms. The molecule has 0 heterocycles. The molecule has 1 aliphatic rings. The fourth-order valence-electron chi connectivity index (χ4n) is 4.98. The smallest absolute Gasteiger partial charge is 0.408 e. The highest BCUT2D eigenvalue weighted by Gasteiger charge is 2.47. The highest BCUT2D eigenvalue weighted by molar-refractivity contribution is 5.93. The zero-order valence-corrected chi connectivity index (χ0v) is 26.9. The summed E-state index contributed by atoms with van der Waals surface area (Å²) in [6.07, 6.45) is 0.214. The van der Waals surface area contributed by atoms with Gasteiger partial charge in [0.1, 0.15) is 29.8 Å². The van der Waals surface area contributed by atoms with Gasteiger partial charge >= 0.3 is 12.1 Å². The minimum atomic E-state index is -1.04. The molecular formula is C34H47N3O6. The maximum atomic E-state index is 14.3. The zero-order valence-electron chi connectivity index (χ0n) is 26.9. The summed E-state index contributed by atoms with van der Waals surface area (Å²) in [6.45, 7) is 16.1. The van der Waals surface area contributed by atoms with Gasteiger partial charge in [0, 0.05) is 12.5 Å². The second-order valence-corrected chi connectivity index (χ2v) is 13.5. The maximum Gasteiger partial charge on any atom is 0.408 e. The lowest BCUT2D eigenvalue weighted by Crippen LogP contribution is -2.53. The minimum Gasteiger partial charge on any atom is -0.458 e. The number of alkyl carbamates (subject to hydrolysis) is 1. The second kappa shape index (κ2) is 13.6. The van der Waals surface area contributed by atoms with Crippen LogP contribution in [-0.2, 0) is 30.3 Å². The number of carbonyl (C=O) groups excluding carboxylic acids is 4. The van der Waals surface area contributed by atoms with E-state index < -0.39 is 47.2 Å². The number of hydrogen-bond donors (Lipinski definition) is 2. The number of benzene rings is 2. The molecule has 3 rings (SSSR count). The molecule has 234 valence electrons. The van der Waals surface area contributed by atoms with E-state index in [4.69, 9.17) is 9.47 Å². The average molecular weight is 594 g/mol. The number of rotatable bonds is 10. The molecule has 0 aromatic heterocycles. The molecule has 1 saturated carbocycles. The standard InChI is InChI=1S/C34H47N3O6/c1-21-15-16-25(22(2)17-21)29(37(27-18-23(27)3)28(38)20-35-32(41)43-34(7,8)9)30(39)36-26(31(40)42-33(4,5)6)19-24-13-11-10-12-14-24/h10-17,23,26-27,29H,18-20H2,1-9H3,(H,35,41)(H,36,39). The number of nitrogens with one attached hydrogen (secondary N) is 2. The Morgan fingerprint density at radius 1 is 0.930 bits per heavy atom. The number of hydrogen-bond acceptors (Lipinski definition) is 6. The summed E-state index contributed by atoms with van der Waals surface area (Å²) in [5, 5.41) is 5.48. The molecule has 4 unspecified atom stereocenters. The zero-order chi connectivity index (χ0) is 32.1. The molecule has 1 aliphatic carbocycles. The highest BCUT2D eigenvalue weighted by atomic mass is 16.6. The van der Waals surface area contributed by atoms with E-state index in [1.165, 1.54) is 0 Å². The summed E-state index contributed by atoms with van der Waals surface area (Å²) in [5.74, 6) is -1.31. The first-order valence-electron chi connectivity index (χ1n) is 14.9. The predicted molar refractivity (Wildman–Crippen MR) is 165 cm³/mol. The molecule has 3 amide bonds. The highest BCUT2D eigenvalue weighted by Crippen LogP contribution is 2.41. The van der Waals surface area contributed by atoms with Gasteiger partial charge in [-0.05, 0) is 84.4 Å². The van der Waals surface area contributed by atoms with Gasteiger partial charge in [-0.15, -0.1) is 0 Å². The van der Waals surface area contributed by atoms with Crippen LogP contribution in [0, 0.1) is 19.8 Å². The third-order valence-electron chi connectivity index (χ3n) is 7.03. The number of nitrogens with zero attached hydrogens (tertiary/aromatic N) is 1. The molecule has 43 heavy (non-hydrogen) atoms. The summed E-state index contributed by atoms with van der Waals surface area (Å²) in [5.41, 5.74) is 1.86. The normalized spacial score (nSPS) is 17.7. The third-order valence-corrected chi connectivity index (χ3v) is 7.03. The van der Waals surface area contributed by atoms with E-state index in [9.17, 15) is 19.2 Å². The molecule has 0 spiro atoms. The van der Waals surface area contributed by atoms with Gasteiger partial charge < -0.3 is 25.0 Å². The van der Waals surface area contributed by atoms with Crippen molar-refractivity contribution in [1.29, 1.82) is 0 Å². The van der Waals surface area contributed by atoms with Crippen molar-refractivity contribution < 1.29 is 28.7 Å². The number of aryl methyl sites for hydroxylation is 2. The van der Waals surface area contributed by atoms with E-state index in [-0.39, 0.29) is 24.9 Å². The molecule has 9 nitrogen and oxygen atoms in total. The summed E-state index contributed by atoms with van der Waals surface area (Å²) < 4.78 is 11.0. The summed E-state index contributed by atoms with van der Waals surface area (Å²) in [6, 6.07) is 12.9. The van der Waals surface area contributed by atoms with Crippen molar-refractivity contribution in [1.82, 2.24) is 15.5 Å². The number of amides is 3. The van der Waals surface area contributed by atoms with Crippen LogP contribution < -0.4 is 10.6 Å². The van der Waals surface area contributed by atoms with E-state index >= 15 is 0 Å². The van der Waals surface area contributed by atoms with Crippen molar-refractivity contribution in [2.24, 2.45) is 5.92 Å². The van der Waals surface area contributed by atoms with Crippen LogP contribution in [0.5, 0.6) is 0 Å². The lowest BCUT2D eigenvalue weighted by Gasteiger charge is -2.34. The summed E-state index contributed by atoms with van der Waals surface area (Å²) >= 11 is 0. The lowest BCUT2D eigenvalue weighted by molar-refractivity contribution is -0.159. The van der Waals surface area contributed by atoms with E-state index in [0.29, 0.717) is 12.0 Å². The van der Waals surface area contributed by atoms with Crippen LogP contribution in [0.1, 0.15) is 83.2 Å². The predicted octanol–water partition coefficient (Wildman–Crippen LogP) is 5.18. The molecule has 0 saturated heterocycles. The van der Waals surface area contributed by atoms with Crippen molar-refractivity contribution in [3.05, 3.63) is 70.8 Å². The quantitative estimate of drug-likeness (QED) is 0.367. The number of esters is 1. The van der Waals surface area contributed by atoms with Gasteiger partial charge in [0.2, 0.25) is 11.8 Å². The van der Waals surface area contributed by atoms with Crippen molar-refractivity contribution >= 4 is 23.9 Å². The molecule has 0 aliphatic heterocycles. The Bertz CT molecular complexity index is 1310. The van der Waals surface area contributed by atoms with Gasteiger partial charge in [0.25, 0.3) is 0 Å². The SMILES string of the molecule is Cc1ccc(C(C(=O)NC(Cc2ccccc2)C(=O)OC(C)(C)C)N(C(=O)CNC(=O)OC(C)(C)C)C2CC2C)c(C)c1. The Hall–Kier alpha value is -3.88. The van der Waals surface area contributed by atoms with Crippen LogP contribution >= 0.6 is 0 Å². The van der Waals surface area contributed by atoms with E-state index in [0.717, 1.165) is 16.7 Å². The topological polar surface area (TPSA) is 114 Å². The Kier molecular flexibility index (Phi) is 10.6. The lowest BCUT2D eigenvalue weighted by atomic mass is 9.96. The number of carbonyl (C=O) groups is 4. The summed E-state index contributed by atoms with van der Waals surface area (Å²) in [4.78, 5) is 55.5. The Balaban J connectivity index is 1.99. The number of ether oxygens (including phenoxy) is 2. The third kappa shape index (κ3) is 10.1. The Morgan fingerprint density at radius 2 is 1.53 bits per heavy atom. The average Bonchev–Trinajstić information content (AvgIpc) is 3.60. The fourth-order valence-corrected chi connectivity index (χ4v) is 4.98. The molecule has 9 heteroatoms. The van der Waals surface area contributed by atoms with Crippen LogP contribution in [-0.4, -0.2) is 58.6 Å². The monoisotopic (exact) mass is 593 g/mol. The molecule has 1 fully saturated rings.